The van der Waals surface area contributed by atoms with E-state index in [-0.39, 0.29) is 11.6 Å². The Bertz CT molecular complexity index is 217. The van der Waals surface area contributed by atoms with Gasteiger partial charge in [-0.05, 0) is 38.8 Å². The van der Waals surface area contributed by atoms with Crippen LogP contribution < -0.4 is 0 Å². The van der Waals surface area contributed by atoms with Gasteiger partial charge in [-0.1, -0.05) is 46.8 Å². The summed E-state index contributed by atoms with van der Waals surface area (Å²) in [6.45, 7) is 16.8. The van der Waals surface area contributed by atoms with Crippen LogP contribution in [0.15, 0.2) is 12.2 Å². The van der Waals surface area contributed by atoms with E-state index in [2.05, 4.69) is 46.1 Å². The first kappa shape index (κ1) is 16.7. The van der Waals surface area contributed by atoms with Crippen LogP contribution in [0.4, 0.5) is 0 Å². The monoisotopic (exact) mass is 241 g/mol. The topological polar surface area (TPSA) is 23.5 Å². The first-order valence-corrected chi connectivity index (χ1v) is 7.11. The van der Waals surface area contributed by atoms with Gasteiger partial charge in [0.1, 0.15) is 0 Å². The van der Waals surface area contributed by atoms with Crippen molar-refractivity contribution < 1.29 is 5.11 Å². The average Bonchev–Trinajstić information content (AvgIpc) is 2.35. The highest BCUT2D eigenvalue weighted by Crippen LogP contribution is 2.31. The summed E-state index contributed by atoms with van der Waals surface area (Å²) in [5.41, 5.74) is 1.07. The third kappa shape index (κ3) is 3.82. The zero-order valence-electron chi connectivity index (χ0n) is 12.4. The molecule has 0 saturated carbocycles. The molecule has 0 aromatic carbocycles. The molecule has 0 spiro atoms. The van der Waals surface area contributed by atoms with E-state index in [0.717, 1.165) is 44.3 Å². The van der Waals surface area contributed by atoms with E-state index in [0.29, 0.717) is 0 Å². The maximum atomic E-state index is 10.6. The van der Waals surface area contributed by atoms with Crippen molar-refractivity contribution in [3.05, 3.63) is 12.2 Å². The van der Waals surface area contributed by atoms with Gasteiger partial charge in [-0.15, -0.1) is 0 Å². The summed E-state index contributed by atoms with van der Waals surface area (Å²) in [5, 5.41) is 10.6. The molecular weight excluding hydrogens is 210 g/mol. The minimum atomic E-state index is -0.301. The molecule has 0 heterocycles. The Labute approximate surface area is 108 Å². The summed E-state index contributed by atoms with van der Waals surface area (Å²) in [6.07, 6.45) is 3.37. The molecule has 0 aliphatic rings. The summed E-state index contributed by atoms with van der Waals surface area (Å²) >= 11 is 0. The van der Waals surface area contributed by atoms with Gasteiger partial charge in [-0.25, -0.2) is 0 Å². The summed E-state index contributed by atoms with van der Waals surface area (Å²) in [4.78, 5) is 2.40. The van der Waals surface area contributed by atoms with E-state index in [1.807, 2.05) is 0 Å². The normalized spacial score (nSPS) is 14.1. The molecule has 0 aromatic rings. The number of likely N-dealkylation sites (N-methyl/N-ethyl adjacent to an activating group) is 1. The molecule has 0 aromatic heterocycles. The molecule has 0 aliphatic heterocycles. The van der Waals surface area contributed by atoms with Crippen molar-refractivity contribution in [2.75, 3.05) is 13.1 Å². The lowest BCUT2D eigenvalue weighted by atomic mass is 9.81. The van der Waals surface area contributed by atoms with Crippen LogP contribution >= 0.6 is 0 Å². The first-order chi connectivity index (χ1) is 8.02. The number of rotatable bonds is 9. The van der Waals surface area contributed by atoms with Crippen molar-refractivity contribution in [3.63, 3.8) is 0 Å². The fraction of sp³-hybridized carbons (Fsp3) is 0.867. The van der Waals surface area contributed by atoms with Gasteiger partial charge in [-0.3, -0.25) is 4.90 Å². The zero-order valence-corrected chi connectivity index (χ0v) is 12.4. The standard InChI is InChI=1S/C15H31NO/c1-7-13(6)12-14(17)15(8-2,9-3)16(10-4)11-5/h14,17H,6-12H2,1-5H3. The zero-order chi connectivity index (χ0) is 13.5. The third-order valence-electron chi connectivity index (χ3n) is 4.22. The third-order valence-corrected chi connectivity index (χ3v) is 4.22. The molecule has 17 heavy (non-hydrogen) atoms. The van der Waals surface area contributed by atoms with Crippen LogP contribution in [0.2, 0.25) is 0 Å². The Kier molecular flexibility index (Phi) is 7.73. The molecule has 0 saturated heterocycles. The molecular formula is C15H31NO. The van der Waals surface area contributed by atoms with Gasteiger partial charge in [0, 0.05) is 5.54 Å². The lowest BCUT2D eigenvalue weighted by molar-refractivity contribution is -0.0342. The molecule has 1 unspecified atom stereocenters. The highest BCUT2D eigenvalue weighted by atomic mass is 16.3. The van der Waals surface area contributed by atoms with Crippen molar-refractivity contribution >= 4 is 0 Å². The van der Waals surface area contributed by atoms with Crippen molar-refractivity contribution in [3.8, 4) is 0 Å². The average molecular weight is 241 g/mol. The molecule has 1 atom stereocenters. The Hall–Kier alpha value is -0.340. The van der Waals surface area contributed by atoms with Gasteiger partial charge >= 0.3 is 0 Å². The van der Waals surface area contributed by atoms with E-state index in [9.17, 15) is 5.11 Å². The minimum absolute atomic E-state index is 0.0817. The lowest BCUT2D eigenvalue weighted by Gasteiger charge is -2.46. The van der Waals surface area contributed by atoms with E-state index >= 15 is 0 Å². The molecule has 0 bridgehead atoms. The van der Waals surface area contributed by atoms with Gasteiger partial charge in [0.05, 0.1) is 6.10 Å². The quantitative estimate of drug-likeness (QED) is 0.623. The van der Waals surface area contributed by atoms with Gasteiger partial charge in [0.25, 0.3) is 0 Å². The lowest BCUT2D eigenvalue weighted by Crippen LogP contribution is -2.56. The SMILES string of the molecule is C=C(CC)CC(O)C(CC)(CC)N(CC)CC. The number of hydrogen-bond donors (Lipinski definition) is 1. The van der Waals surface area contributed by atoms with E-state index < -0.39 is 0 Å². The second-order valence-electron chi connectivity index (χ2n) is 4.81. The fourth-order valence-corrected chi connectivity index (χ4v) is 2.84. The van der Waals surface area contributed by atoms with E-state index in [1.54, 1.807) is 0 Å². The van der Waals surface area contributed by atoms with Gasteiger partial charge < -0.3 is 5.11 Å². The fourth-order valence-electron chi connectivity index (χ4n) is 2.84. The highest BCUT2D eigenvalue weighted by molar-refractivity contribution is 5.03. The van der Waals surface area contributed by atoms with Crippen molar-refractivity contribution in [2.45, 2.75) is 71.9 Å². The maximum absolute atomic E-state index is 10.6. The van der Waals surface area contributed by atoms with Crippen molar-refractivity contribution in [1.82, 2.24) is 4.90 Å². The first-order valence-electron chi connectivity index (χ1n) is 7.11. The largest absolute Gasteiger partial charge is 0.391 e. The van der Waals surface area contributed by atoms with E-state index in [1.165, 1.54) is 0 Å². The Morgan fingerprint density at radius 3 is 1.88 bits per heavy atom. The second-order valence-corrected chi connectivity index (χ2v) is 4.81. The van der Waals surface area contributed by atoms with Crippen LogP contribution in [-0.2, 0) is 0 Å². The molecule has 0 rings (SSSR count). The van der Waals surface area contributed by atoms with E-state index in [4.69, 9.17) is 0 Å². The molecule has 1 N–H and O–H groups in total. The highest BCUT2D eigenvalue weighted by Gasteiger charge is 2.38. The summed E-state index contributed by atoms with van der Waals surface area (Å²) in [7, 11) is 0. The summed E-state index contributed by atoms with van der Waals surface area (Å²) in [5.74, 6) is 0. The minimum Gasteiger partial charge on any atom is -0.391 e. The number of nitrogens with zero attached hydrogens (tertiary/aromatic N) is 1. The Morgan fingerprint density at radius 1 is 1.12 bits per heavy atom. The number of aliphatic hydroxyl groups is 1. The predicted octanol–water partition coefficient (Wildman–Crippen LogP) is 3.60. The molecule has 0 aliphatic carbocycles. The van der Waals surface area contributed by atoms with Gasteiger partial charge in [-0.2, -0.15) is 0 Å². The van der Waals surface area contributed by atoms with Crippen LogP contribution in [0.25, 0.3) is 0 Å². The molecule has 2 nitrogen and oxygen atoms in total. The van der Waals surface area contributed by atoms with Crippen LogP contribution in [0.3, 0.4) is 0 Å². The summed E-state index contributed by atoms with van der Waals surface area (Å²) in [6, 6.07) is 0. The van der Waals surface area contributed by atoms with Gasteiger partial charge in [0.2, 0.25) is 0 Å². The Morgan fingerprint density at radius 2 is 1.59 bits per heavy atom. The molecule has 0 amide bonds. The van der Waals surface area contributed by atoms with Crippen LogP contribution in [0, 0.1) is 0 Å². The Balaban J connectivity index is 4.96. The smallest absolute Gasteiger partial charge is 0.0760 e. The van der Waals surface area contributed by atoms with Crippen molar-refractivity contribution in [1.29, 1.82) is 0 Å². The number of aliphatic hydroxyl groups excluding tert-OH is 1. The van der Waals surface area contributed by atoms with Gasteiger partial charge in [0.15, 0.2) is 0 Å². The molecule has 102 valence electrons. The van der Waals surface area contributed by atoms with Crippen LogP contribution in [0.1, 0.15) is 60.3 Å². The molecule has 2 heteroatoms. The molecule has 0 fully saturated rings. The summed E-state index contributed by atoms with van der Waals surface area (Å²) < 4.78 is 0. The van der Waals surface area contributed by atoms with Crippen LogP contribution in [-0.4, -0.2) is 34.7 Å². The van der Waals surface area contributed by atoms with Crippen molar-refractivity contribution in [2.24, 2.45) is 0 Å². The number of hydrogen-bond acceptors (Lipinski definition) is 2. The predicted molar refractivity (Wildman–Crippen MR) is 76.3 cm³/mol. The molecule has 0 radical (unpaired) electrons. The second kappa shape index (κ2) is 7.88. The maximum Gasteiger partial charge on any atom is 0.0760 e. The van der Waals surface area contributed by atoms with Crippen LogP contribution in [0.5, 0.6) is 0 Å².